The summed E-state index contributed by atoms with van der Waals surface area (Å²) >= 11 is 6.30. The van der Waals surface area contributed by atoms with Gasteiger partial charge in [0, 0.05) is 18.1 Å². The van der Waals surface area contributed by atoms with E-state index in [4.69, 9.17) is 20.9 Å². The van der Waals surface area contributed by atoms with Crippen LogP contribution in [0.2, 0.25) is 5.02 Å². The highest BCUT2D eigenvalue weighted by Crippen LogP contribution is 2.27. The summed E-state index contributed by atoms with van der Waals surface area (Å²) < 4.78 is 10.3. The van der Waals surface area contributed by atoms with Crippen LogP contribution in [0.3, 0.4) is 0 Å². The second-order valence-corrected chi connectivity index (χ2v) is 8.15. The van der Waals surface area contributed by atoms with Gasteiger partial charge in [-0.3, -0.25) is 4.90 Å². The molecule has 0 saturated carbocycles. The fraction of sp³-hybridized carbons (Fsp3) is 0.455. The molecule has 0 spiro atoms. The molecule has 0 atom stereocenters. The zero-order valence-corrected chi connectivity index (χ0v) is 18.5. The van der Waals surface area contributed by atoms with Gasteiger partial charge in [-0.25, -0.2) is 9.78 Å². The van der Waals surface area contributed by atoms with E-state index in [0.29, 0.717) is 22.9 Å². The normalized spacial score (nSPS) is 15.3. The summed E-state index contributed by atoms with van der Waals surface area (Å²) in [5.41, 5.74) is 1.56. The third kappa shape index (κ3) is 4.97. The van der Waals surface area contributed by atoms with Crippen LogP contribution >= 0.6 is 11.6 Å². The molecule has 0 radical (unpaired) electrons. The van der Waals surface area contributed by atoms with Crippen molar-refractivity contribution in [2.75, 3.05) is 31.6 Å². The van der Waals surface area contributed by atoms with Crippen molar-refractivity contribution in [2.45, 2.75) is 33.2 Å². The molecule has 3 aromatic rings. The maximum atomic E-state index is 12.2. The maximum absolute atomic E-state index is 12.2. The second-order valence-electron chi connectivity index (χ2n) is 7.74. The summed E-state index contributed by atoms with van der Waals surface area (Å²) in [4.78, 5) is 23.4. The standard InChI is InChI=1S/C22H26ClN5O3/c1-3-30-22(29)19-18-20(25-14(2)26-21(18)31-27-19)24-12-15-8-10-28(11-9-15)13-16-6-4-5-7-17(16)23/h4-7,15H,3,8-13H2,1-2H3,(H,24,25,26). The number of benzene rings is 1. The summed E-state index contributed by atoms with van der Waals surface area (Å²) in [5, 5.41) is 8.55. The predicted octanol–water partition coefficient (Wildman–Crippen LogP) is 4.08. The molecule has 1 aliphatic rings. The monoisotopic (exact) mass is 443 g/mol. The van der Waals surface area contributed by atoms with E-state index in [9.17, 15) is 4.79 Å². The number of likely N-dealkylation sites (tertiary alicyclic amines) is 1. The molecule has 1 aromatic carbocycles. The first-order valence-corrected chi connectivity index (χ1v) is 10.9. The van der Waals surface area contributed by atoms with Crippen molar-refractivity contribution >= 4 is 34.5 Å². The van der Waals surface area contributed by atoms with E-state index in [0.717, 1.165) is 44.0 Å². The number of carbonyl (C=O) groups is 1. The van der Waals surface area contributed by atoms with Crippen LogP contribution in [0.25, 0.3) is 11.1 Å². The molecular weight excluding hydrogens is 418 g/mol. The molecule has 31 heavy (non-hydrogen) atoms. The number of halogens is 1. The number of fused-ring (bicyclic) bond motifs is 1. The van der Waals surface area contributed by atoms with E-state index in [1.165, 1.54) is 5.56 Å². The average molecular weight is 444 g/mol. The quantitative estimate of drug-likeness (QED) is 0.546. The Morgan fingerprint density at radius 1 is 1.29 bits per heavy atom. The van der Waals surface area contributed by atoms with E-state index in [2.05, 4.69) is 31.4 Å². The van der Waals surface area contributed by atoms with Gasteiger partial charge in [0.1, 0.15) is 17.0 Å². The van der Waals surface area contributed by atoms with Gasteiger partial charge in [-0.1, -0.05) is 35.0 Å². The second kappa shape index (κ2) is 9.62. The van der Waals surface area contributed by atoms with E-state index >= 15 is 0 Å². The topological polar surface area (TPSA) is 93.4 Å². The van der Waals surface area contributed by atoms with Gasteiger partial charge in [0.05, 0.1) is 6.61 Å². The lowest BCUT2D eigenvalue weighted by atomic mass is 9.96. The van der Waals surface area contributed by atoms with Crippen molar-refractivity contribution in [3.05, 3.63) is 46.4 Å². The van der Waals surface area contributed by atoms with Crippen LogP contribution in [-0.4, -0.2) is 52.2 Å². The van der Waals surface area contributed by atoms with E-state index in [-0.39, 0.29) is 18.0 Å². The van der Waals surface area contributed by atoms with Crippen LogP contribution in [0.15, 0.2) is 28.8 Å². The Bertz CT molecular complexity index is 1060. The SMILES string of the molecule is CCOC(=O)c1noc2nc(C)nc(NCC3CCN(Cc4ccccc4Cl)CC3)c12. The fourth-order valence-electron chi connectivity index (χ4n) is 3.88. The summed E-state index contributed by atoms with van der Waals surface area (Å²) in [6.45, 7) is 7.43. The molecule has 8 nitrogen and oxygen atoms in total. The van der Waals surface area contributed by atoms with Crippen LogP contribution in [0.1, 0.15) is 41.6 Å². The molecule has 1 N–H and O–H groups in total. The van der Waals surface area contributed by atoms with Crippen molar-refractivity contribution in [2.24, 2.45) is 5.92 Å². The number of esters is 1. The lowest BCUT2D eigenvalue weighted by molar-refractivity contribution is 0.0517. The van der Waals surface area contributed by atoms with Crippen LogP contribution < -0.4 is 5.32 Å². The zero-order valence-electron chi connectivity index (χ0n) is 17.7. The summed E-state index contributed by atoms with van der Waals surface area (Å²) in [7, 11) is 0. The minimum Gasteiger partial charge on any atom is -0.461 e. The largest absolute Gasteiger partial charge is 0.461 e. The summed E-state index contributed by atoms with van der Waals surface area (Å²) in [5.74, 6) is 1.07. The lowest BCUT2D eigenvalue weighted by Crippen LogP contribution is -2.35. The Hall–Kier alpha value is -2.71. The van der Waals surface area contributed by atoms with E-state index < -0.39 is 5.97 Å². The first kappa shape index (κ1) is 21.5. The molecule has 0 unspecified atom stereocenters. The fourth-order valence-corrected chi connectivity index (χ4v) is 4.08. The Labute approximate surface area is 185 Å². The molecule has 2 aromatic heterocycles. The maximum Gasteiger partial charge on any atom is 0.361 e. The Kier molecular flexibility index (Phi) is 6.67. The number of ether oxygens (including phenoxy) is 1. The number of nitrogens with one attached hydrogen (secondary N) is 1. The number of carbonyl (C=O) groups excluding carboxylic acids is 1. The molecule has 9 heteroatoms. The molecule has 0 bridgehead atoms. The zero-order chi connectivity index (χ0) is 21.8. The van der Waals surface area contributed by atoms with E-state index in [1.54, 1.807) is 13.8 Å². The smallest absolute Gasteiger partial charge is 0.361 e. The molecule has 1 fully saturated rings. The molecule has 164 valence electrons. The number of nitrogens with zero attached hydrogens (tertiary/aromatic N) is 4. The Balaban J connectivity index is 1.39. The molecule has 3 heterocycles. The van der Waals surface area contributed by atoms with Gasteiger partial charge in [0.2, 0.25) is 5.69 Å². The average Bonchev–Trinajstić information content (AvgIpc) is 3.19. The number of hydrogen-bond acceptors (Lipinski definition) is 8. The van der Waals surface area contributed by atoms with Gasteiger partial charge < -0.3 is 14.6 Å². The van der Waals surface area contributed by atoms with E-state index in [1.807, 2.05) is 18.2 Å². The number of piperidine rings is 1. The summed E-state index contributed by atoms with van der Waals surface area (Å²) in [6, 6.07) is 8.00. The molecule has 0 aliphatic carbocycles. The lowest BCUT2D eigenvalue weighted by Gasteiger charge is -2.32. The van der Waals surface area contributed by atoms with Gasteiger partial charge in [-0.15, -0.1) is 0 Å². The first-order valence-electron chi connectivity index (χ1n) is 10.6. The first-order chi connectivity index (χ1) is 15.0. The van der Waals surface area contributed by atoms with Crippen molar-refractivity contribution in [3.63, 3.8) is 0 Å². The van der Waals surface area contributed by atoms with Crippen LogP contribution in [0.5, 0.6) is 0 Å². The highest BCUT2D eigenvalue weighted by molar-refractivity contribution is 6.31. The van der Waals surface area contributed by atoms with Gasteiger partial charge in [0.25, 0.3) is 5.71 Å². The van der Waals surface area contributed by atoms with Crippen LogP contribution in [0, 0.1) is 12.8 Å². The highest BCUT2D eigenvalue weighted by atomic mass is 35.5. The molecule has 1 aliphatic heterocycles. The predicted molar refractivity (Wildman–Crippen MR) is 118 cm³/mol. The minimum absolute atomic E-state index is 0.105. The van der Waals surface area contributed by atoms with Crippen LogP contribution in [-0.2, 0) is 11.3 Å². The molecule has 4 rings (SSSR count). The Morgan fingerprint density at radius 3 is 2.81 bits per heavy atom. The molecule has 1 saturated heterocycles. The molecule has 0 amide bonds. The number of anilines is 1. The third-order valence-electron chi connectivity index (χ3n) is 5.53. The number of rotatable bonds is 7. The van der Waals surface area contributed by atoms with Crippen molar-refractivity contribution in [1.82, 2.24) is 20.0 Å². The van der Waals surface area contributed by atoms with Gasteiger partial charge in [0.15, 0.2) is 0 Å². The Morgan fingerprint density at radius 2 is 2.06 bits per heavy atom. The van der Waals surface area contributed by atoms with Crippen molar-refractivity contribution in [1.29, 1.82) is 0 Å². The van der Waals surface area contributed by atoms with Gasteiger partial charge in [-0.05, 0) is 57.3 Å². The van der Waals surface area contributed by atoms with Crippen molar-refractivity contribution in [3.8, 4) is 0 Å². The van der Waals surface area contributed by atoms with Gasteiger partial charge in [-0.2, -0.15) is 4.98 Å². The minimum atomic E-state index is -0.537. The molecular formula is C22H26ClN5O3. The number of hydrogen-bond donors (Lipinski definition) is 1. The van der Waals surface area contributed by atoms with Crippen molar-refractivity contribution < 1.29 is 14.1 Å². The number of aryl methyl sites for hydroxylation is 1. The van der Waals surface area contributed by atoms with Crippen LogP contribution in [0.4, 0.5) is 5.82 Å². The highest BCUT2D eigenvalue weighted by Gasteiger charge is 2.24. The summed E-state index contributed by atoms with van der Waals surface area (Å²) in [6.07, 6.45) is 2.14. The number of aromatic nitrogens is 3. The van der Waals surface area contributed by atoms with Gasteiger partial charge >= 0.3 is 5.97 Å². The third-order valence-corrected chi connectivity index (χ3v) is 5.90.